The summed E-state index contributed by atoms with van der Waals surface area (Å²) in [6.45, 7) is 5.93. The number of rotatable bonds is 3. The summed E-state index contributed by atoms with van der Waals surface area (Å²) in [5.41, 5.74) is 0.685. The van der Waals surface area contributed by atoms with Crippen LogP contribution in [0.5, 0.6) is 0 Å². The highest BCUT2D eigenvalue weighted by Crippen LogP contribution is 2.34. The Balaban J connectivity index is 0.000000370. The highest BCUT2D eigenvalue weighted by atomic mass is 19.4. The molecule has 2 aliphatic heterocycles. The maximum atomic E-state index is 12.5. The quantitative estimate of drug-likeness (QED) is 0.698. The van der Waals surface area contributed by atoms with Gasteiger partial charge in [0.15, 0.2) is 0 Å². The second-order valence-corrected chi connectivity index (χ2v) is 7.59. The molecule has 2 heterocycles. The van der Waals surface area contributed by atoms with Gasteiger partial charge >= 0.3 is 18.1 Å². The van der Waals surface area contributed by atoms with Crippen molar-refractivity contribution in [1.82, 2.24) is 5.32 Å². The topological polar surface area (TPSA) is 107 Å². The lowest BCUT2D eigenvalue weighted by Crippen LogP contribution is -2.36. The number of benzene rings is 1. The van der Waals surface area contributed by atoms with Crippen LogP contribution in [0.3, 0.4) is 0 Å². The molecule has 160 valence electrons. The Kier molecular flexibility index (Phi) is 6.56. The number of carboxylic acids is 2. The number of piperidine rings is 1. The first-order chi connectivity index (χ1) is 13.4. The maximum Gasteiger partial charge on any atom is 0.490 e. The number of carbonyl (C=O) groups is 3. The van der Waals surface area contributed by atoms with Crippen LogP contribution in [0.4, 0.5) is 18.9 Å². The number of halogens is 3. The van der Waals surface area contributed by atoms with Crippen LogP contribution in [-0.2, 0) is 19.8 Å². The fourth-order valence-electron chi connectivity index (χ4n) is 3.38. The summed E-state index contributed by atoms with van der Waals surface area (Å²) in [6.07, 6.45) is -4.18. The number of alkyl halides is 3. The lowest BCUT2D eigenvalue weighted by atomic mass is 9.85. The van der Waals surface area contributed by atoms with Crippen LogP contribution in [0.1, 0.15) is 25.8 Å². The van der Waals surface area contributed by atoms with Crippen LogP contribution in [0.25, 0.3) is 0 Å². The van der Waals surface area contributed by atoms with E-state index < -0.39 is 23.5 Å². The number of nitrogens with zero attached hydrogens (tertiary/aromatic N) is 1. The third kappa shape index (κ3) is 5.06. The SMILES string of the molecule is CC(C)(C(=O)O)c1ccc(N2C[C@@H]3CNCC[C@@H]3C2=O)cc1.O=C(O)C(F)(F)F. The van der Waals surface area contributed by atoms with E-state index in [0.717, 1.165) is 37.3 Å². The molecule has 1 aromatic carbocycles. The van der Waals surface area contributed by atoms with Crippen molar-refractivity contribution in [2.75, 3.05) is 24.5 Å². The molecular weight excluding hydrogens is 393 g/mol. The first kappa shape index (κ1) is 22.7. The van der Waals surface area contributed by atoms with E-state index in [4.69, 9.17) is 9.90 Å². The third-order valence-corrected chi connectivity index (χ3v) is 5.29. The van der Waals surface area contributed by atoms with Crippen molar-refractivity contribution >= 4 is 23.5 Å². The zero-order chi connectivity index (χ0) is 22.0. The summed E-state index contributed by atoms with van der Waals surface area (Å²) >= 11 is 0. The molecule has 1 amide bonds. The number of hydrogen-bond acceptors (Lipinski definition) is 4. The highest BCUT2D eigenvalue weighted by molar-refractivity contribution is 5.97. The molecule has 0 bridgehead atoms. The first-order valence-corrected chi connectivity index (χ1v) is 9.02. The van der Waals surface area contributed by atoms with E-state index in [1.807, 2.05) is 29.2 Å². The van der Waals surface area contributed by atoms with Gasteiger partial charge in [-0.3, -0.25) is 9.59 Å². The van der Waals surface area contributed by atoms with Gasteiger partial charge in [0.2, 0.25) is 5.91 Å². The lowest BCUT2D eigenvalue weighted by molar-refractivity contribution is -0.192. The van der Waals surface area contributed by atoms with Crippen LogP contribution < -0.4 is 10.2 Å². The number of aliphatic carboxylic acids is 2. The van der Waals surface area contributed by atoms with E-state index in [1.165, 1.54) is 0 Å². The van der Waals surface area contributed by atoms with E-state index in [9.17, 15) is 27.9 Å². The fourth-order valence-corrected chi connectivity index (χ4v) is 3.38. The molecule has 0 aromatic heterocycles. The molecule has 1 aromatic rings. The number of carboxylic acid groups (broad SMARTS) is 2. The zero-order valence-corrected chi connectivity index (χ0v) is 16.0. The average Bonchev–Trinajstić information content (AvgIpc) is 2.98. The van der Waals surface area contributed by atoms with Crippen molar-refractivity contribution in [1.29, 1.82) is 0 Å². The molecule has 0 spiro atoms. The van der Waals surface area contributed by atoms with Gasteiger partial charge in [0.05, 0.1) is 5.41 Å². The summed E-state index contributed by atoms with van der Waals surface area (Å²) in [6, 6.07) is 7.36. The number of nitrogens with one attached hydrogen (secondary N) is 1. The van der Waals surface area contributed by atoms with Crippen molar-refractivity contribution in [2.24, 2.45) is 11.8 Å². The van der Waals surface area contributed by atoms with E-state index >= 15 is 0 Å². The molecule has 0 radical (unpaired) electrons. The van der Waals surface area contributed by atoms with Gasteiger partial charge in [0.1, 0.15) is 0 Å². The molecule has 2 atom stereocenters. The van der Waals surface area contributed by atoms with Crippen molar-refractivity contribution in [3.63, 3.8) is 0 Å². The standard InChI is InChI=1S/C17H22N2O3.C2HF3O2/c1-17(2,16(21)22)12-3-5-13(6-4-12)19-10-11-9-18-8-7-14(11)15(19)20;3-2(4,5)1(6)7/h3-6,11,14,18H,7-10H2,1-2H3,(H,21,22);(H,6,7)/t11-,14-;/m0./s1. The first-order valence-electron chi connectivity index (χ1n) is 9.02. The largest absolute Gasteiger partial charge is 0.490 e. The Labute approximate surface area is 165 Å². The highest BCUT2D eigenvalue weighted by Gasteiger charge is 2.42. The predicted molar refractivity (Wildman–Crippen MR) is 97.6 cm³/mol. The Bertz CT molecular complexity index is 777. The Morgan fingerprint density at radius 2 is 1.66 bits per heavy atom. The average molecular weight is 416 g/mol. The number of carbonyl (C=O) groups excluding carboxylic acids is 1. The molecule has 7 nitrogen and oxygen atoms in total. The molecule has 2 saturated heterocycles. The minimum absolute atomic E-state index is 0.136. The summed E-state index contributed by atoms with van der Waals surface area (Å²) < 4.78 is 31.7. The normalized spacial score (nSPS) is 21.8. The van der Waals surface area contributed by atoms with Crippen molar-refractivity contribution in [2.45, 2.75) is 31.9 Å². The number of amides is 1. The molecule has 0 aliphatic carbocycles. The molecule has 29 heavy (non-hydrogen) atoms. The van der Waals surface area contributed by atoms with E-state index in [1.54, 1.807) is 13.8 Å². The van der Waals surface area contributed by atoms with E-state index in [2.05, 4.69) is 5.32 Å². The van der Waals surface area contributed by atoms with Gasteiger partial charge in [-0.2, -0.15) is 13.2 Å². The monoisotopic (exact) mass is 416 g/mol. The Hall–Kier alpha value is -2.62. The van der Waals surface area contributed by atoms with Crippen LogP contribution >= 0.6 is 0 Å². The smallest absolute Gasteiger partial charge is 0.481 e. The molecular formula is C19H23F3N2O5. The second kappa shape index (κ2) is 8.40. The molecule has 10 heteroatoms. The number of hydrogen-bond donors (Lipinski definition) is 3. The van der Waals surface area contributed by atoms with Gasteiger partial charge in [-0.25, -0.2) is 4.79 Å². The van der Waals surface area contributed by atoms with Crippen molar-refractivity contribution in [3.8, 4) is 0 Å². The minimum Gasteiger partial charge on any atom is -0.481 e. The van der Waals surface area contributed by atoms with Gasteiger partial charge < -0.3 is 20.4 Å². The van der Waals surface area contributed by atoms with Crippen LogP contribution in [-0.4, -0.2) is 53.9 Å². The number of fused-ring (bicyclic) bond motifs is 1. The zero-order valence-electron chi connectivity index (χ0n) is 16.0. The second-order valence-electron chi connectivity index (χ2n) is 7.59. The van der Waals surface area contributed by atoms with E-state index in [0.29, 0.717) is 5.92 Å². The molecule has 0 unspecified atom stereocenters. The molecule has 3 rings (SSSR count). The van der Waals surface area contributed by atoms with Crippen LogP contribution in [0.15, 0.2) is 24.3 Å². The van der Waals surface area contributed by atoms with Gasteiger partial charge in [-0.15, -0.1) is 0 Å². The summed E-state index contributed by atoms with van der Waals surface area (Å²) in [5, 5.41) is 19.8. The summed E-state index contributed by atoms with van der Waals surface area (Å²) in [5.74, 6) is -2.88. The molecule has 3 N–H and O–H groups in total. The number of anilines is 1. The van der Waals surface area contributed by atoms with Gasteiger partial charge in [-0.1, -0.05) is 12.1 Å². The minimum atomic E-state index is -5.08. The molecule has 2 aliphatic rings. The van der Waals surface area contributed by atoms with Gasteiger partial charge in [0, 0.05) is 30.6 Å². The predicted octanol–water partition coefficient (Wildman–Crippen LogP) is 2.25. The Morgan fingerprint density at radius 3 is 2.10 bits per heavy atom. The van der Waals surface area contributed by atoms with Crippen molar-refractivity contribution < 1.29 is 37.8 Å². The summed E-state index contributed by atoms with van der Waals surface area (Å²) in [7, 11) is 0. The van der Waals surface area contributed by atoms with Gasteiger partial charge in [-0.05, 0) is 44.5 Å². The lowest BCUT2D eigenvalue weighted by Gasteiger charge is -2.22. The molecule has 2 fully saturated rings. The fraction of sp³-hybridized carbons (Fsp3) is 0.526. The maximum absolute atomic E-state index is 12.5. The summed E-state index contributed by atoms with van der Waals surface area (Å²) in [4.78, 5) is 34.6. The third-order valence-electron chi connectivity index (χ3n) is 5.29. The van der Waals surface area contributed by atoms with Crippen molar-refractivity contribution in [3.05, 3.63) is 29.8 Å². The van der Waals surface area contributed by atoms with Gasteiger partial charge in [0.25, 0.3) is 0 Å². The van der Waals surface area contributed by atoms with Crippen LogP contribution in [0.2, 0.25) is 0 Å². The van der Waals surface area contributed by atoms with E-state index in [-0.39, 0.29) is 11.8 Å². The Morgan fingerprint density at radius 1 is 1.10 bits per heavy atom. The van der Waals surface area contributed by atoms with Crippen LogP contribution in [0, 0.1) is 11.8 Å². The molecule has 0 saturated carbocycles.